The number of hydrogen-bond acceptors (Lipinski definition) is 5. The van der Waals surface area contributed by atoms with Gasteiger partial charge in [0.15, 0.2) is 12.4 Å². The fourth-order valence-corrected chi connectivity index (χ4v) is 4.49. The number of nitrogens with zero attached hydrogens (tertiary/aromatic N) is 1. The van der Waals surface area contributed by atoms with Crippen molar-refractivity contribution in [1.82, 2.24) is 10.2 Å². The summed E-state index contributed by atoms with van der Waals surface area (Å²) >= 11 is 0. The van der Waals surface area contributed by atoms with E-state index in [2.05, 4.69) is 5.32 Å². The van der Waals surface area contributed by atoms with E-state index in [1.165, 1.54) is 19.1 Å². The largest absolute Gasteiger partial charge is 0.459 e. The standard InChI is InChI=1S/C22H32N2O5/c25-20(16-29-21(26)13-14-23-22(27)19-12-7-15-28-19)24(17-8-3-1-4-9-17)18-10-5-2-6-11-18/h7,12,15,17-18H,1-6,8-11,13-14,16H2,(H,23,27). The third-order valence-electron chi connectivity index (χ3n) is 5.94. The molecule has 0 aromatic carbocycles. The summed E-state index contributed by atoms with van der Waals surface area (Å²) in [6.07, 6.45) is 12.8. The Morgan fingerprint density at radius 3 is 2.17 bits per heavy atom. The second-order valence-electron chi connectivity index (χ2n) is 8.03. The van der Waals surface area contributed by atoms with Crippen LogP contribution >= 0.6 is 0 Å². The van der Waals surface area contributed by atoms with E-state index in [-0.39, 0.29) is 49.2 Å². The number of ether oxygens (including phenoxy) is 1. The van der Waals surface area contributed by atoms with Crippen molar-refractivity contribution < 1.29 is 23.5 Å². The Balaban J connectivity index is 1.44. The summed E-state index contributed by atoms with van der Waals surface area (Å²) in [7, 11) is 0. The van der Waals surface area contributed by atoms with Gasteiger partial charge in [-0.05, 0) is 37.8 Å². The lowest BCUT2D eigenvalue weighted by atomic mass is 9.88. The molecule has 0 aliphatic heterocycles. The minimum absolute atomic E-state index is 0.0204. The van der Waals surface area contributed by atoms with E-state index < -0.39 is 5.97 Å². The monoisotopic (exact) mass is 404 g/mol. The number of carbonyl (C=O) groups is 3. The van der Waals surface area contributed by atoms with Crippen molar-refractivity contribution in [3.05, 3.63) is 24.2 Å². The molecule has 0 bridgehead atoms. The maximum Gasteiger partial charge on any atom is 0.308 e. The third-order valence-corrected chi connectivity index (χ3v) is 5.94. The lowest BCUT2D eigenvalue weighted by Gasteiger charge is -2.41. The Morgan fingerprint density at radius 2 is 1.62 bits per heavy atom. The summed E-state index contributed by atoms with van der Waals surface area (Å²) in [5.74, 6) is -0.731. The molecule has 1 aromatic heterocycles. The molecule has 3 rings (SSSR count). The molecule has 0 unspecified atom stereocenters. The third kappa shape index (κ3) is 6.34. The summed E-state index contributed by atoms with van der Waals surface area (Å²) in [4.78, 5) is 38.8. The van der Waals surface area contributed by atoms with Crippen LogP contribution in [0.25, 0.3) is 0 Å². The molecule has 0 saturated heterocycles. The zero-order valence-electron chi connectivity index (χ0n) is 17.1. The molecule has 2 aliphatic rings. The molecule has 2 amide bonds. The molecule has 0 radical (unpaired) electrons. The van der Waals surface area contributed by atoms with Crippen molar-refractivity contribution >= 4 is 17.8 Å². The van der Waals surface area contributed by atoms with Crippen molar-refractivity contribution in [2.24, 2.45) is 0 Å². The van der Waals surface area contributed by atoms with Gasteiger partial charge in [-0.3, -0.25) is 14.4 Å². The Morgan fingerprint density at radius 1 is 1.00 bits per heavy atom. The van der Waals surface area contributed by atoms with Crippen LogP contribution in [0.15, 0.2) is 22.8 Å². The van der Waals surface area contributed by atoms with Crippen LogP contribution in [0.5, 0.6) is 0 Å². The van der Waals surface area contributed by atoms with Crippen LogP contribution in [0.1, 0.15) is 81.2 Å². The van der Waals surface area contributed by atoms with Crippen LogP contribution in [-0.4, -0.2) is 47.9 Å². The molecule has 0 atom stereocenters. The first-order chi connectivity index (χ1) is 14.1. The van der Waals surface area contributed by atoms with Gasteiger partial charge in [-0.1, -0.05) is 38.5 Å². The molecule has 1 aromatic rings. The minimum Gasteiger partial charge on any atom is -0.459 e. The van der Waals surface area contributed by atoms with E-state index in [0.717, 1.165) is 51.4 Å². The number of furan rings is 1. The lowest BCUT2D eigenvalue weighted by molar-refractivity contribution is -0.155. The predicted molar refractivity (Wildman–Crippen MR) is 107 cm³/mol. The highest BCUT2D eigenvalue weighted by Crippen LogP contribution is 2.30. The fourth-order valence-electron chi connectivity index (χ4n) is 4.49. The van der Waals surface area contributed by atoms with Gasteiger partial charge in [0.2, 0.25) is 0 Å². The highest BCUT2D eigenvalue weighted by molar-refractivity contribution is 5.91. The lowest BCUT2D eigenvalue weighted by Crippen LogP contribution is -2.50. The normalized spacial score (nSPS) is 18.2. The van der Waals surface area contributed by atoms with Gasteiger partial charge in [0.25, 0.3) is 11.8 Å². The second-order valence-corrected chi connectivity index (χ2v) is 8.03. The summed E-state index contributed by atoms with van der Waals surface area (Å²) in [6, 6.07) is 3.74. The van der Waals surface area contributed by atoms with Gasteiger partial charge in [0, 0.05) is 18.6 Å². The maximum atomic E-state index is 13.0. The molecule has 2 saturated carbocycles. The highest BCUT2D eigenvalue weighted by Gasteiger charge is 2.32. The first-order valence-electron chi connectivity index (χ1n) is 10.9. The van der Waals surface area contributed by atoms with Crippen LogP contribution in [0.3, 0.4) is 0 Å². The number of rotatable bonds is 8. The number of hydrogen-bond donors (Lipinski definition) is 1. The topological polar surface area (TPSA) is 88.9 Å². The van der Waals surface area contributed by atoms with Crippen molar-refractivity contribution in [3.63, 3.8) is 0 Å². The molecular formula is C22H32N2O5. The fraction of sp³-hybridized carbons (Fsp3) is 0.682. The van der Waals surface area contributed by atoms with E-state index in [1.807, 2.05) is 4.90 Å². The molecule has 0 spiro atoms. The Bertz CT molecular complexity index is 643. The summed E-state index contributed by atoms with van der Waals surface area (Å²) in [6.45, 7) is -0.0700. The first-order valence-corrected chi connectivity index (χ1v) is 10.9. The highest BCUT2D eigenvalue weighted by atomic mass is 16.5. The van der Waals surface area contributed by atoms with Crippen LogP contribution < -0.4 is 5.32 Å². The van der Waals surface area contributed by atoms with Crippen molar-refractivity contribution in [3.8, 4) is 0 Å². The van der Waals surface area contributed by atoms with Gasteiger partial charge in [-0.2, -0.15) is 0 Å². The van der Waals surface area contributed by atoms with Crippen molar-refractivity contribution in [2.75, 3.05) is 13.2 Å². The van der Waals surface area contributed by atoms with Crippen LogP contribution in [-0.2, 0) is 14.3 Å². The number of amides is 2. The molecule has 7 nitrogen and oxygen atoms in total. The van der Waals surface area contributed by atoms with Crippen LogP contribution in [0, 0.1) is 0 Å². The zero-order valence-corrected chi connectivity index (χ0v) is 17.1. The molecule has 2 aliphatic carbocycles. The van der Waals surface area contributed by atoms with Gasteiger partial charge in [0.1, 0.15) is 0 Å². The Kier molecular flexibility index (Phi) is 8.14. The maximum absolute atomic E-state index is 13.0. The SMILES string of the molecule is O=C(CCNC(=O)c1ccco1)OCC(=O)N(C1CCCCC1)C1CCCCC1. The van der Waals surface area contributed by atoms with E-state index in [4.69, 9.17) is 9.15 Å². The molecule has 2 fully saturated rings. The first kappa shape index (κ1) is 21.4. The molecule has 7 heteroatoms. The number of nitrogens with one attached hydrogen (secondary N) is 1. The number of carbonyl (C=O) groups excluding carboxylic acids is 3. The van der Waals surface area contributed by atoms with Gasteiger partial charge in [0.05, 0.1) is 12.7 Å². The molecule has 29 heavy (non-hydrogen) atoms. The smallest absolute Gasteiger partial charge is 0.308 e. The average molecular weight is 405 g/mol. The number of esters is 1. The second kappa shape index (κ2) is 11.0. The molecule has 160 valence electrons. The van der Waals surface area contributed by atoms with Crippen molar-refractivity contribution in [1.29, 1.82) is 0 Å². The van der Waals surface area contributed by atoms with Gasteiger partial charge in [-0.15, -0.1) is 0 Å². The van der Waals surface area contributed by atoms with Gasteiger partial charge < -0.3 is 19.4 Å². The van der Waals surface area contributed by atoms with E-state index in [0.29, 0.717) is 0 Å². The molecule has 1 heterocycles. The van der Waals surface area contributed by atoms with E-state index in [9.17, 15) is 14.4 Å². The quantitative estimate of drug-likeness (QED) is 0.671. The Labute approximate surface area is 172 Å². The molecule has 1 N–H and O–H groups in total. The van der Waals surface area contributed by atoms with Gasteiger partial charge >= 0.3 is 5.97 Å². The van der Waals surface area contributed by atoms with E-state index in [1.54, 1.807) is 12.1 Å². The summed E-state index contributed by atoms with van der Waals surface area (Å²) in [5, 5.41) is 2.60. The van der Waals surface area contributed by atoms with Crippen LogP contribution in [0.4, 0.5) is 0 Å². The minimum atomic E-state index is -0.481. The zero-order chi connectivity index (χ0) is 20.5. The Hall–Kier alpha value is -2.31. The predicted octanol–water partition coefficient (Wildman–Crippen LogP) is 3.44. The average Bonchev–Trinajstić information content (AvgIpc) is 3.29. The van der Waals surface area contributed by atoms with Crippen LogP contribution in [0.2, 0.25) is 0 Å². The summed E-state index contributed by atoms with van der Waals surface area (Å²) in [5.41, 5.74) is 0. The van der Waals surface area contributed by atoms with Crippen molar-refractivity contribution in [2.45, 2.75) is 82.7 Å². The van der Waals surface area contributed by atoms with Gasteiger partial charge in [-0.25, -0.2) is 0 Å². The summed E-state index contributed by atoms with van der Waals surface area (Å²) < 4.78 is 10.2. The van der Waals surface area contributed by atoms with E-state index >= 15 is 0 Å². The molecular weight excluding hydrogens is 372 g/mol.